The third kappa shape index (κ3) is 3.46. The van der Waals surface area contributed by atoms with Crippen LogP contribution in [-0.2, 0) is 0 Å². The van der Waals surface area contributed by atoms with Gasteiger partial charge < -0.3 is 10.6 Å². The van der Waals surface area contributed by atoms with Crippen molar-refractivity contribution < 1.29 is 0 Å². The van der Waals surface area contributed by atoms with Gasteiger partial charge in [0.05, 0.1) is 0 Å². The van der Waals surface area contributed by atoms with Gasteiger partial charge in [-0.05, 0) is 38.5 Å². The van der Waals surface area contributed by atoms with Gasteiger partial charge in [0, 0.05) is 28.3 Å². The van der Waals surface area contributed by atoms with Crippen molar-refractivity contribution in [2.24, 2.45) is 5.73 Å². The van der Waals surface area contributed by atoms with Crippen LogP contribution in [0.3, 0.4) is 0 Å². The number of rotatable bonds is 5. The molecule has 3 nitrogen and oxygen atoms in total. The second-order valence-corrected chi connectivity index (χ2v) is 5.28. The van der Waals surface area contributed by atoms with Gasteiger partial charge in [-0.2, -0.15) is 0 Å². The van der Waals surface area contributed by atoms with E-state index < -0.39 is 0 Å². The van der Waals surface area contributed by atoms with Crippen molar-refractivity contribution in [2.75, 3.05) is 11.4 Å². The Morgan fingerprint density at radius 2 is 2.12 bits per heavy atom. The maximum Gasteiger partial charge on any atom is 0.124 e. The molecule has 4 heteroatoms. The first-order chi connectivity index (χ1) is 7.97. The first kappa shape index (κ1) is 14.0. The summed E-state index contributed by atoms with van der Waals surface area (Å²) in [4.78, 5) is 2.28. The quantitative estimate of drug-likeness (QED) is 0.647. The molecule has 0 atom stereocenters. The zero-order chi connectivity index (χ0) is 13.0. The van der Waals surface area contributed by atoms with Gasteiger partial charge in [-0.3, -0.25) is 5.41 Å². The molecule has 0 aliphatic heterocycles. The highest BCUT2D eigenvalue weighted by molar-refractivity contribution is 9.10. The minimum atomic E-state index is 0.114. The number of benzene rings is 1. The SMILES string of the molecule is CCCN(c1ccc(Br)cc1C(=N)N)C(C)C. The summed E-state index contributed by atoms with van der Waals surface area (Å²) in [7, 11) is 0. The summed E-state index contributed by atoms with van der Waals surface area (Å²) in [6.07, 6.45) is 1.07. The van der Waals surface area contributed by atoms with E-state index in [9.17, 15) is 0 Å². The molecule has 0 bridgehead atoms. The van der Waals surface area contributed by atoms with E-state index in [4.69, 9.17) is 11.1 Å². The number of nitrogens with one attached hydrogen (secondary N) is 1. The van der Waals surface area contributed by atoms with Crippen LogP contribution in [0.1, 0.15) is 32.8 Å². The Kier molecular flexibility index (Phi) is 5.00. The summed E-state index contributed by atoms with van der Waals surface area (Å²) in [6.45, 7) is 7.44. The van der Waals surface area contributed by atoms with Gasteiger partial charge in [0.2, 0.25) is 0 Å². The van der Waals surface area contributed by atoms with Gasteiger partial charge in [-0.25, -0.2) is 0 Å². The monoisotopic (exact) mass is 297 g/mol. The summed E-state index contributed by atoms with van der Waals surface area (Å²) in [5, 5.41) is 7.67. The molecule has 0 saturated carbocycles. The van der Waals surface area contributed by atoms with Crippen molar-refractivity contribution in [1.82, 2.24) is 0 Å². The molecular formula is C13H20BrN3. The minimum Gasteiger partial charge on any atom is -0.384 e. The highest BCUT2D eigenvalue weighted by Crippen LogP contribution is 2.26. The maximum absolute atomic E-state index is 7.67. The molecule has 0 saturated heterocycles. The van der Waals surface area contributed by atoms with Gasteiger partial charge in [0.1, 0.15) is 5.84 Å². The van der Waals surface area contributed by atoms with E-state index >= 15 is 0 Å². The van der Waals surface area contributed by atoms with Crippen LogP contribution in [0.2, 0.25) is 0 Å². The summed E-state index contributed by atoms with van der Waals surface area (Å²) in [5.41, 5.74) is 7.49. The van der Waals surface area contributed by atoms with Crippen molar-refractivity contribution in [1.29, 1.82) is 5.41 Å². The zero-order valence-corrected chi connectivity index (χ0v) is 12.2. The largest absolute Gasteiger partial charge is 0.384 e. The van der Waals surface area contributed by atoms with Crippen LogP contribution < -0.4 is 10.6 Å². The van der Waals surface area contributed by atoms with Gasteiger partial charge >= 0.3 is 0 Å². The lowest BCUT2D eigenvalue weighted by Crippen LogP contribution is -2.33. The molecular weight excluding hydrogens is 278 g/mol. The lowest BCUT2D eigenvalue weighted by Gasteiger charge is -2.30. The molecule has 0 amide bonds. The molecule has 0 aliphatic carbocycles. The molecule has 0 aromatic heterocycles. The summed E-state index contributed by atoms with van der Waals surface area (Å²) < 4.78 is 0.951. The van der Waals surface area contributed by atoms with Gasteiger partial charge in [0.15, 0.2) is 0 Å². The van der Waals surface area contributed by atoms with E-state index in [-0.39, 0.29) is 5.84 Å². The summed E-state index contributed by atoms with van der Waals surface area (Å²) in [6, 6.07) is 6.32. The number of amidine groups is 1. The number of halogens is 1. The fourth-order valence-corrected chi connectivity index (χ4v) is 2.23. The molecule has 1 aromatic carbocycles. The normalized spacial score (nSPS) is 10.6. The third-order valence-corrected chi connectivity index (χ3v) is 3.14. The molecule has 0 unspecified atom stereocenters. The molecule has 1 rings (SSSR count). The van der Waals surface area contributed by atoms with E-state index in [0.717, 1.165) is 28.7 Å². The lowest BCUT2D eigenvalue weighted by molar-refractivity contribution is 0.670. The van der Waals surface area contributed by atoms with Crippen molar-refractivity contribution >= 4 is 27.5 Å². The number of hydrogen-bond acceptors (Lipinski definition) is 2. The predicted molar refractivity (Wildman–Crippen MR) is 77.9 cm³/mol. The Bertz CT molecular complexity index is 402. The lowest BCUT2D eigenvalue weighted by atomic mass is 10.1. The Labute approximate surface area is 112 Å². The molecule has 1 aromatic rings. The number of hydrogen-bond donors (Lipinski definition) is 2. The number of nitrogens with two attached hydrogens (primary N) is 1. The average molecular weight is 298 g/mol. The Hall–Kier alpha value is -1.03. The molecule has 0 aliphatic rings. The number of anilines is 1. The second-order valence-electron chi connectivity index (χ2n) is 4.36. The smallest absolute Gasteiger partial charge is 0.124 e. The van der Waals surface area contributed by atoms with Crippen LogP contribution in [0.5, 0.6) is 0 Å². The first-order valence-corrected chi connectivity index (χ1v) is 6.67. The first-order valence-electron chi connectivity index (χ1n) is 5.88. The summed E-state index contributed by atoms with van der Waals surface area (Å²) in [5.74, 6) is 0.114. The number of nitrogen functional groups attached to an aromatic ring is 1. The van der Waals surface area contributed by atoms with E-state index in [1.165, 1.54) is 0 Å². The molecule has 3 N–H and O–H groups in total. The highest BCUT2D eigenvalue weighted by Gasteiger charge is 2.15. The number of nitrogens with zero attached hydrogens (tertiary/aromatic N) is 1. The highest BCUT2D eigenvalue weighted by atomic mass is 79.9. The van der Waals surface area contributed by atoms with Gasteiger partial charge in [-0.15, -0.1) is 0 Å². The molecule has 94 valence electrons. The van der Waals surface area contributed by atoms with Crippen molar-refractivity contribution in [3.05, 3.63) is 28.2 Å². The topological polar surface area (TPSA) is 53.1 Å². The van der Waals surface area contributed by atoms with Crippen LogP contribution in [0, 0.1) is 5.41 Å². The van der Waals surface area contributed by atoms with Crippen molar-refractivity contribution in [2.45, 2.75) is 33.2 Å². The predicted octanol–water partition coefficient (Wildman–Crippen LogP) is 3.36. The maximum atomic E-state index is 7.67. The van der Waals surface area contributed by atoms with Gasteiger partial charge in [-0.1, -0.05) is 22.9 Å². The Morgan fingerprint density at radius 3 is 2.59 bits per heavy atom. The van der Waals surface area contributed by atoms with E-state index in [0.29, 0.717) is 6.04 Å². The fraction of sp³-hybridized carbons (Fsp3) is 0.462. The molecule has 0 radical (unpaired) electrons. The van der Waals surface area contributed by atoms with Crippen LogP contribution in [0.15, 0.2) is 22.7 Å². The van der Waals surface area contributed by atoms with Gasteiger partial charge in [0.25, 0.3) is 0 Å². The third-order valence-electron chi connectivity index (χ3n) is 2.65. The zero-order valence-electron chi connectivity index (χ0n) is 10.6. The second kappa shape index (κ2) is 6.05. The van der Waals surface area contributed by atoms with Crippen LogP contribution in [-0.4, -0.2) is 18.4 Å². The summed E-state index contributed by atoms with van der Waals surface area (Å²) >= 11 is 3.42. The fourth-order valence-electron chi connectivity index (χ4n) is 1.87. The Morgan fingerprint density at radius 1 is 1.47 bits per heavy atom. The Balaban J connectivity index is 3.22. The van der Waals surface area contributed by atoms with Crippen LogP contribution in [0.25, 0.3) is 0 Å². The van der Waals surface area contributed by atoms with Crippen LogP contribution >= 0.6 is 15.9 Å². The van der Waals surface area contributed by atoms with E-state index in [1.807, 2.05) is 18.2 Å². The van der Waals surface area contributed by atoms with Crippen LogP contribution in [0.4, 0.5) is 5.69 Å². The molecule has 0 fully saturated rings. The average Bonchev–Trinajstić information content (AvgIpc) is 2.26. The van der Waals surface area contributed by atoms with E-state index in [2.05, 4.69) is 41.6 Å². The van der Waals surface area contributed by atoms with Crippen molar-refractivity contribution in [3.63, 3.8) is 0 Å². The molecule has 0 heterocycles. The van der Waals surface area contributed by atoms with E-state index in [1.54, 1.807) is 0 Å². The molecule has 17 heavy (non-hydrogen) atoms. The standard InChI is InChI=1S/C13H20BrN3/c1-4-7-17(9(2)3)12-6-5-10(14)8-11(12)13(15)16/h5-6,8-9H,4,7H2,1-3H3,(H3,15,16). The van der Waals surface area contributed by atoms with Crippen molar-refractivity contribution in [3.8, 4) is 0 Å². The molecule has 0 spiro atoms. The minimum absolute atomic E-state index is 0.114.